The normalized spacial score (nSPS) is 37.6. The van der Waals surface area contributed by atoms with Crippen molar-refractivity contribution in [3.8, 4) is 17.2 Å². The summed E-state index contributed by atoms with van der Waals surface area (Å²) in [4.78, 5) is 11.5. The van der Waals surface area contributed by atoms with Crippen LogP contribution in [0.2, 0.25) is 0 Å². The Hall–Kier alpha value is -1.95. The Kier molecular flexibility index (Phi) is 2.12. The van der Waals surface area contributed by atoms with E-state index in [0.29, 0.717) is 17.7 Å². The summed E-state index contributed by atoms with van der Waals surface area (Å²) in [5.74, 6) is -1.04. The van der Waals surface area contributed by atoms with Crippen LogP contribution in [0.15, 0.2) is 12.1 Å². The molecule has 2 saturated heterocycles. The lowest BCUT2D eigenvalue weighted by molar-refractivity contribution is -0.206. The lowest BCUT2D eigenvalue weighted by atomic mass is 9.89. The third-order valence-electron chi connectivity index (χ3n) is 4.36. The fourth-order valence-electron chi connectivity index (χ4n) is 3.45. The molecule has 0 aliphatic carbocycles. The average Bonchev–Trinajstić information content (AvgIpc) is 2.76. The number of aromatic hydroxyl groups is 2. The van der Waals surface area contributed by atoms with Gasteiger partial charge < -0.3 is 24.4 Å². The monoisotopic (exact) mass is 278 g/mol. The molecule has 1 aromatic rings. The van der Waals surface area contributed by atoms with Crippen LogP contribution in [0.5, 0.6) is 17.2 Å². The highest BCUT2D eigenvalue weighted by atomic mass is 16.7. The zero-order valence-electron chi connectivity index (χ0n) is 10.8. The SMILES string of the molecule is CC12OC(=O)CC1C1Oc3cc(O)cc(O)c3CC1O2. The topological polar surface area (TPSA) is 85.2 Å². The predicted molar refractivity (Wildman–Crippen MR) is 65.4 cm³/mol. The Morgan fingerprint density at radius 2 is 2.10 bits per heavy atom. The van der Waals surface area contributed by atoms with Gasteiger partial charge in [0.05, 0.1) is 12.3 Å². The minimum Gasteiger partial charge on any atom is -0.508 e. The molecular formula is C14H14O6. The molecule has 0 saturated carbocycles. The van der Waals surface area contributed by atoms with Crippen molar-refractivity contribution in [2.75, 3.05) is 0 Å². The van der Waals surface area contributed by atoms with Gasteiger partial charge >= 0.3 is 5.97 Å². The van der Waals surface area contributed by atoms with Crippen LogP contribution in [0.4, 0.5) is 0 Å². The van der Waals surface area contributed by atoms with E-state index in [2.05, 4.69) is 0 Å². The second kappa shape index (κ2) is 3.58. The van der Waals surface area contributed by atoms with E-state index in [9.17, 15) is 15.0 Å². The quantitative estimate of drug-likeness (QED) is 0.691. The largest absolute Gasteiger partial charge is 0.508 e. The van der Waals surface area contributed by atoms with Crippen molar-refractivity contribution < 1.29 is 29.2 Å². The first-order chi connectivity index (χ1) is 9.46. The van der Waals surface area contributed by atoms with E-state index < -0.39 is 5.79 Å². The highest BCUT2D eigenvalue weighted by Gasteiger charge is 2.61. The number of rotatable bonds is 0. The van der Waals surface area contributed by atoms with Gasteiger partial charge in [0.2, 0.25) is 5.79 Å². The van der Waals surface area contributed by atoms with Crippen molar-refractivity contribution in [2.24, 2.45) is 5.92 Å². The average molecular weight is 278 g/mol. The second-order valence-corrected chi connectivity index (χ2v) is 5.69. The third kappa shape index (κ3) is 1.45. The van der Waals surface area contributed by atoms with E-state index in [-0.39, 0.29) is 42.0 Å². The molecule has 6 heteroatoms. The summed E-state index contributed by atoms with van der Waals surface area (Å²) in [6, 6.07) is 2.75. The maximum atomic E-state index is 11.5. The van der Waals surface area contributed by atoms with E-state index >= 15 is 0 Å². The Bertz CT molecular complexity index is 612. The predicted octanol–water partition coefficient (Wildman–Crippen LogP) is 1.08. The first-order valence-corrected chi connectivity index (χ1v) is 6.57. The van der Waals surface area contributed by atoms with E-state index in [4.69, 9.17) is 14.2 Å². The van der Waals surface area contributed by atoms with Gasteiger partial charge in [0.1, 0.15) is 29.5 Å². The van der Waals surface area contributed by atoms with Gasteiger partial charge in [-0.1, -0.05) is 0 Å². The maximum absolute atomic E-state index is 11.5. The number of hydrogen-bond acceptors (Lipinski definition) is 6. The third-order valence-corrected chi connectivity index (χ3v) is 4.36. The molecule has 2 N–H and O–H groups in total. The Morgan fingerprint density at radius 3 is 2.90 bits per heavy atom. The molecule has 6 nitrogen and oxygen atoms in total. The van der Waals surface area contributed by atoms with Crippen LogP contribution in [-0.4, -0.2) is 34.2 Å². The number of phenols is 2. The highest BCUT2D eigenvalue weighted by Crippen LogP contribution is 2.50. The molecule has 2 fully saturated rings. The van der Waals surface area contributed by atoms with Crippen LogP contribution in [0.3, 0.4) is 0 Å². The number of esters is 1. The van der Waals surface area contributed by atoms with E-state index in [1.165, 1.54) is 12.1 Å². The molecule has 4 rings (SSSR count). The summed E-state index contributed by atoms with van der Waals surface area (Å²) in [5, 5.41) is 19.4. The van der Waals surface area contributed by atoms with Crippen molar-refractivity contribution in [1.29, 1.82) is 0 Å². The van der Waals surface area contributed by atoms with Crippen LogP contribution in [0.25, 0.3) is 0 Å². The minimum atomic E-state index is -0.952. The van der Waals surface area contributed by atoms with Gasteiger partial charge in [-0.2, -0.15) is 0 Å². The zero-order chi connectivity index (χ0) is 14.1. The van der Waals surface area contributed by atoms with Crippen LogP contribution in [0, 0.1) is 5.92 Å². The molecule has 1 aromatic carbocycles. The fourth-order valence-corrected chi connectivity index (χ4v) is 3.45. The highest BCUT2D eigenvalue weighted by molar-refractivity contribution is 5.73. The van der Waals surface area contributed by atoms with Crippen molar-refractivity contribution in [1.82, 2.24) is 0 Å². The molecule has 4 unspecified atom stereocenters. The zero-order valence-corrected chi connectivity index (χ0v) is 10.8. The van der Waals surface area contributed by atoms with Crippen LogP contribution in [-0.2, 0) is 20.7 Å². The number of fused-ring (bicyclic) bond motifs is 4. The number of phenolic OH excluding ortho intramolecular Hbond substituents is 2. The number of hydrogen-bond donors (Lipinski definition) is 2. The molecule has 3 heterocycles. The molecule has 0 radical (unpaired) electrons. The van der Waals surface area contributed by atoms with Gasteiger partial charge in [0.15, 0.2) is 0 Å². The molecular weight excluding hydrogens is 264 g/mol. The summed E-state index contributed by atoms with van der Waals surface area (Å²) in [5.41, 5.74) is 0.610. The van der Waals surface area contributed by atoms with Crippen molar-refractivity contribution in [2.45, 2.75) is 37.8 Å². The first-order valence-electron chi connectivity index (χ1n) is 6.57. The van der Waals surface area contributed by atoms with Gasteiger partial charge in [0.25, 0.3) is 0 Å². The molecule has 4 atom stereocenters. The Morgan fingerprint density at radius 1 is 1.30 bits per heavy atom. The van der Waals surface area contributed by atoms with E-state index in [0.717, 1.165) is 0 Å². The van der Waals surface area contributed by atoms with Crippen LogP contribution < -0.4 is 4.74 Å². The summed E-state index contributed by atoms with van der Waals surface area (Å²) in [6.07, 6.45) is 0.161. The number of carbonyl (C=O) groups is 1. The number of ether oxygens (including phenoxy) is 3. The van der Waals surface area contributed by atoms with E-state index in [1.807, 2.05) is 0 Å². The Balaban J connectivity index is 1.73. The molecule has 106 valence electrons. The first kappa shape index (κ1) is 11.8. The summed E-state index contributed by atoms with van der Waals surface area (Å²) in [6.45, 7) is 1.74. The second-order valence-electron chi connectivity index (χ2n) is 5.69. The summed E-state index contributed by atoms with van der Waals surface area (Å²) < 4.78 is 17.0. The van der Waals surface area contributed by atoms with Gasteiger partial charge in [-0.05, 0) is 0 Å². The van der Waals surface area contributed by atoms with Crippen LogP contribution >= 0.6 is 0 Å². The summed E-state index contributed by atoms with van der Waals surface area (Å²) in [7, 11) is 0. The van der Waals surface area contributed by atoms with Crippen molar-refractivity contribution >= 4 is 5.97 Å². The molecule has 0 aromatic heterocycles. The lowest BCUT2D eigenvalue weighted by Gasteiger charge is -2.29. The Labute approximate surface area is 114 Å². The van der Waals surface area contributed by atoms with E-state index in [1.54, 1.807) is 6.92 Å². The molecule has 0 amide bonds. The lowest BCUT2D eigenvalue weighted by Crippen LogP contribution is -2.38. The van der Waals surface area contributed by atoms with Crippen molar-refractivity contribution in [3.05, 3.63) is 17.7 Å². The standard InChI is InChI=1S/C14H14O6/c1-14-8(5-12(17)20-14)13-11(19-14)4-7-9(16)2-6(15)3-10(7)18-13/h2-3,8,11,13,15-16H,4-5H2,1H3. The number of benzene rings is 1. The van der Waals surface area contributed by atoms with Gasteiger partial charge in [-0.3, -0.25) is 4.79 Å². The molecule has 20 heavy (non-hydrogen) atoms. The van der Waals surface area contributed by atoms with Crippen LogP contribution in [0.1, 0.15) is 18.9 Å². The maximum Gasteiger partial charge on any atom is 0.308 e. The smallest absolute Gasteiger partial charge is 0.308 e. The van der Waals surface area contributed by atoms with Gasteiger partial charge in [-0.25, -0.2) is 0 Å². The van der Waals surface area contributed by atoms with Crippen molar-refractivity contribution in [3.63, 3.8) is 0 Å². The summed E-state index contributed by atoms with van der Waals surface area (Å²) >= 11 is 0. The van der Waals surface area contributed by atoms with Gasteiger partial charge in [-0.15, -0.1) is 0 Å². The minimum absolute atomic E-state index is 0.0127. The number of carbonyl (C=O) groups excluding carboxylic acids is 1. The fraction of sp³-hybridized carbons (Fsp3) is 0.500. The molecule has 0 spiro atoms. The molecule has 3 aliphatic rings. The molecule has 0 bridgehead atoms. The molecule has 3 aliphatic heterocycles. The van der Waals surface area contributed by atoms with Gasteiger partial charge in [0, 0.05) is 31.0 Å².